The van der Waals surface area contributed by atoms with Gasteiger partial charge in [0.2, 0.25) is 11.4 Å². The van der Waals surface area contributed by atoms with E-state index in [4.69, 9.17) is 30.4 Å². The molecule has 0 spiro atoms. The second-order valence-electron chi connectivity index (χ2n) is 20.6. The van der Waals surface area contributed by atoms with Crippen molar-refractivity contribution in [1.29, 1.82) is 0 Å². The zero-order valence-electron chi connectivity index (χ0n) is 43.4. The lowest BCUT2D eigenvalue weighted by atomic mass is 9.96. The highest BCUT2D eigenvalue weighted by atomic mass is 35.5. The molecule has 7 nitrogen and oxygen atoms in total. The first-order valence-corrected chi connectivity index (χ1v) is 27.5. The largest absolute Gasteiger partial charge is 0.436 e. The van der Waals surface area contributed by atoms with E-state index in [1.807, 2.05) is 91.0 Å². The highest BCUT2D eigenvalue weighted by Gasteiger charge is 2.24. The van der Waals surface area contributed by atoms with E-state index in [-0.39, 0.29) is 0 Å². The standard InChI is InChI=1S/C36H21N3O.C21H14.C16H9ClN2O/c1-2-11-23(12-3-1)33-35(37-34-27-16-8-9-17-31(27)40-36(34)38-33)39-29-19-18-22-10-6-7-15-26(22)32(29)28-20-24-13-4-5-14-25(24)21-30(28)39;1-2-7-16-13-20-18(11-15(16)6-1)12-17-10-9-14-5-3-4-8-19(14)21(17)20;17-15-13(10-6-2-1-3-7-10)19-16-14(18-15)11-8-4-5-9-12(11)20-16/h1-21H;1-11,13H,12H2;1-9H. The van der Waals surface area contributed by atoms with E-state index in [1.165, 1.54) is 76.1 Å². The van der Waals surface area contributed by atoms with Crippen molar-refractivity contribution in [3.8, 4) is 39.5 Å². The van der Waals surface area contributed by atoms with Crippen molar-refractivity contribution in [3.63, 3.8) is 0 Å². The molecular formula is C73H44ClN5O2. The van der Waals surface area contributed by atoms with Crippen molar-refractivity contribution in [2.24, 2.45) is 0 Å². The van der Waals surface area contributed by atoms with Crippen molar-refractivity contribution in [2.45, 2.75) is 6.42 Å². The van der Waals surface area contributed by atoms with E-state index in [0.717, 1.165) is 67.5 Å². The zero-order valence-corrected chi connectivity index (χ0v) is 44.1. The van der Waals surface area contributed by atoms with Crippen molar-refractivity contribution in [2.75, 3.05) is 0 Å². The molecule has 0 unspecified atom stereocenters. The summed E-state index contributed by atoms with van der Waals surface area (Å²) in [6.45, 7) is 0. The average molecular weight is 1060 g/mol. The summed E-state index contributed by atoms with van der Waals surface area (Å²) in [5, 5.41) is 14.9. The summed E-state index contributed by atoms with van der Waals surface area (Å²) in [5.41, 5.74) is 15.4. The molecule has 12 aromatic carbocycles. The second-order valence-corrected chi connectivity index (χ2v) is 20.9. The fourth-order valence-electron chi connectivity index (χ4n) is 12.1. The molecule has 81 heavy (non-hydrogen) atoms. The van der Waals surface area contributed by atoms with E-state index in [2.05, 4.69) is 178 Å². The van der Waals surface area contributed by atoms with Gasteiger partial charge in [-0.25, -0.2) is 19.9 Å². The molecule has 1 aliphatic rings. The molecule has 0 bridgehead atoms. The number of aromatic nitrogens is 5. The Labute approximate surface area is 468 Å². The van der Waals surface area contributed by atoms with Crippen LogP contribution in [-0.4, -0.2) is 24.5 Å². The predicted octanol–water partition coefficient (Wildman–Crippen LogP) is 19.7. The molecule has 0 saturated carbocycles. The molecule has 0 fully saturated rings. The second kappa shape index (κ2) is 18.9. The first-order chi connectivity index (χ1) is 40.1. The van der Waals surface area contributed by atoms with Crippen LogP contribution in [0.5, 0.6) is 0 Å². The Hall–Kier alpha value is -10.5. The van der Waals surface area contributed by atoms with E-state index in [1.54, 1.807) is 0 Å². The maximum atomic E-state index is 6.28. The third kappa shape index (κ3) is 7.81. The topological polar surface area (TPSA) is 82.8 Å². The molecular weight excluding hydrogens is 1010 g/mol. The van der Waals surface area contributed by atoms with Crippen molar-refractivity contribution >= 4 is 121 Å². The van der Waals surface area contributed by atoms with Gasteiger partial charge in [0, 0.05) is 32.7 Å². The number of fused-ring (bicyclic) bond motifs is 18. The van der Waals surface area contributed by atoms with Crippen molar-refractivity contribution in [3.05, 3.63) is 271 Å². The molecule has 17 aromatic rings. The molecule has 18 rings (SSSR count). The Balaban J connectivity index is 0.000000111. The number of hydrogen-bond acceptors (Lipinski definition) is 6. The molecule has 380 valence electrons. The lowest BCUT2D eigenvalue weighted by Crippen LogP contribution is -2.03. The minimum atomic E-state index is 0.384. The number of nitrogens with zero attached hydrogens (tertiary/aromatic N) is 5. The van der Waals surface area contributed by atoms with Crippen molar-refractivity contribution in [1.82, 2.24) is 24.5 Å². The molecule has 5 aromatic heterocycles. The van der Waals surface area contributed by atoms with Crippen molar-refractivity contribution < 1.29 is 8.83 Å². The Kier molecular flexibility index (Phi) is 10.9. The van der Waals surface area contributed by atoms with E-state index >= 15 is 0 Å². The average Bonchev–Trinajstić information content (AvgIpc) is 4.14. The summed E-state index contributed by atoms with van der Waals surface area (Å²) < 4.78 is 14.2. The predicted molar refractivity (Wildman–Crippen MR) is 334 cm³/mol. The van der Waals surface area contributed by atoms with Gasteiger partial charge in [-0.3, -0.25) is 4.57 Å². The maximum absolute atomic E-state index is 6.28. The number of hydrogen-bond donors (Lipinski definition) is 0. The molecule has 0 amide bonds. The summed E-state index contributed by atoms with van der Waals surface area (Å²) in [5.74, 6) is 0.788. The van der Waals surface area contributed by atoms with Gasteiger partial charge in [0.15, 0.2) is 11.0 Å². The van der Waals surface area contributed by atoms with E-state index < -0.39 is 0 Å². The number of furan rings is 2. The number of halogens is 1. The minimum absolute atomic E-state index is 0.384. The summed E-state index contributed by atoms with van der Waals surface area (Å²) in [4.78, 5) is 19.4. The first-order valence-electron chi connectivity index (χ1n) is 27.1. The third-order valence-electron chi connectivity index (χ3n) is 15.8. The summed E-state index contributed by atoms with van der Waals surface area (Å²) in [7, 11) is 0. The van der Waals surface area contributed by atoms with Gasteiger partial charge in [-0.05, 0) is 120 Å². The van der Waals surface area contributed by atoms with Crippen LogP contribution in [0, 0.1) is 0 Å². The van der Waals surface area contributed by atoms with Crippen LogP contribution in [0.3, 0.4) is 0 Å². The van der Waals surface area contributed by atoms with Crippen LogP contribution in [-0.2, 0) is 6.42 Å². The lowest BCUT2D eigenvalue weighted by molar-refractivity contribution is 0.653. The highest BCUT2D eigenvalue weighted by Crippen LogP contribution is 2.44. The Morgan fingerprint density at radius 3 is 1.52 bits per heavy atom. The van der Waals surface area contributed by atoms with Crippen LogP contribution in [0.4, 0.5) is 0 Å². The molecule has 1 aliphatic carbocycles. The molecule has 8 heteroatoms. The fraction of sp³-hybridized carbons (Fsp3) is 0.0137. The summed E-state index contributed by atoms with van der Waals surface area (Å²) in [6, 6.07) is 88.5. The highest BCUT2D eigenvalue weighted by molar-refractivity contribution is 6.32. The number of para-hydroxylation sites is 2. The van der Waals surface area contributed by atoms with Crippen LogP contribution < -0.4 is 0 Å². The van der Waals surface area contributed by atoms with Crippen LogP contribution >= 0.6 is 11.6 Å². The summed E-state index contributed by atoms with van der Waals surface area (Å²) in [6.07, 6.45) is 1.06. The van der Waals surface area contributed by atoms with Gasteiger partial charge in [0.25, 0.3) is 0 Å². The Bertz CT molecular complexity index is 5360. The van der Waals surface area contributed by atoms with Gasteiger partial charge in [-0.1, -0.05) is 218 Å². The van der Waals surface area contributed by atoms with Gasteiger partial charge in [-0.15, -0.1) is 0 Å². The van der Waals surface area contributed by atoms with Gasteiger partial charge in [-0.2, -0.15) is 0 Å². The molecule has 5 heterocycles. The van der Waals surface area contributed by atoms with Crippen LogP contribution in [0.2, 0.25) is 5.15 Å². The Morgan fingerprint density at radius 2 is 0.852 bits per heavy atom. The normalized spacial score (nSPS) is 12.0. The van der Waals surface area contributed by atoms with Gasteiger partial charge in [0.05, 0.1) is 11.0 Å². The fourth-order valence-corrected chi connectivity index (χ4v) is 12.3. The minimum Gasteiger partial charge on any atom is -0.436 e. The maximum Gasteiger partial charge on any atom is 0.247 e. The lowest BCUT2D eigenvalue weighted by Gasteiger charge is -2.13. The van der Waals surface area contributed by atoms with Gasteiger partial charge in [0.1, 0.15) is 33.6 Å². The zero-order chi connectivity index (χ0) is 53.5. The Morgan fingerprint density at radius 1 is 0.358 bits per heavy atom. The quantitative estimate of drug-likeness (QED) is 0.175. The number of benzene rings is 12. The third-order valence-corrected chi connectivity index (χ3v) is 16.1. The van der Waals surface area contributed by atoms with Gasteiger partial charge >= 0.3 is 0 Å². The van der Waals surface area contributed by atoms with E-state index in [0.29, 0.717) is 27.8 Å². The number of rotatable bonds is 3. The molecule has 0 radical (unpaired) electrons. The van der Waals surface area contributed by atoms with Crippen LogP contribution in [0.1, 0.15) is 11.1 Å². The molecule has 0 saturated heterocycles. The SMILES string of the molecule is Clc1nc2c(nc1-c1ccccc1)oc1ccccc12.c1ccc(-c2nc3oc4ccccc4c3nc2-n2c3cc4ccccc4cc3c3c4ccccc4ccc32)cc1.c1ccc2cc3c(cc2c1)Cc1ccc2ccccc2c1-3. The molecule has 0 aliphatic heterocycles. The van der Waals surface area contributed by atoms with Crippen LogP contribution in [0.15, 0.2) is 264 Å². The monoisotopic (exact) mass is 1060 g/mol. The van der Waals surface area contributed by atoms with E-state index in [9.17, 15) is 0 Å². The van der Waals surface area contributed by atoms with Crippen LogP contribution in [0.25, 0.3) is 149 Å². The van der Waals surface area contributed by atoms with Gasteiger partial charge < -0.3 is 8.83 Å². The summed E-state index contributed by atoms with van der Waals surface area (Å²) >= 11 is 6.28. The molecule has 0 N–H and O–H groups in total. The molecule has 0 atom stereocenters. The first kappa shape index (κ1) is 46.6. The smallest absolute Gasteiger partial charge is 0.247 e.